The lowest BCUT2D eigenvalue weighted by Crippen LogP contribution is -2.40. The summed E-state index contributed by atoms with van der Waals surface area (Å²) < 4.78 is 13.6. The van der Waals surface area contributed by atoms with Crippen molar-refractivity contribution in [2.75, 3.05) is 19.7 Å². The second kappa shape index (κ2) is 6.62. The predicted octanol–water partition coefficient (Wildman–Crippen LogP) is 1.97. The Kier molecular flexibility index (Phi) is 4.85. The molecule has 2 rings (SSSR count). The lowest BCUT2D eigenvalue weighted by molar-refractivity contribution is -0.387. The van der Waals surface area contributed by atoms with E-state index in [1.165, 1.54) is 6.07 Å². The molecular weight excluding hydrogens is 279 g/mol. The number of benzene rings is 1. The van der Waals surface area contributed by atoms with E-state index in [1.54, 1.807) is 4.90 Å². The molecule has 1 aliphatic rings. The topological polar surface area (TPSA) is 83.7 Å². The zero-order valence-corrected chi connectivity index (χ0v) is 11.5. The maximum absolute atomic E-state index is 13.6. The molecule has 1 aliphatic heterocycles. The van der Waals surface area contributed by atoms with Gasteiger partial charge in [-0.25, -0.2) is 0 Å². The lowest BCUT2D eigenvalue weighted by Gasteiger charge is -2.32. The fourth-order valence-corrected chi connectivity index (χ4v) is 2.64. The Morgan fingerprint density at radius 1 is 1.52 bits per heavy atom. The van der Waals surface area contributed by atoms with Crippen molar-refractivity contribution in [3.63, 3.8) is 0 Å². The van der Waals surface area contributed by atoms with Gasteiger partial charge in [-0.2, -0.15) is 4.39 Å². The zero-order valence-electron chi connectivity index (χ0n) is 11.5. The summed E-state index contributed by atoms with van der Waals surface area (Å²) in [6.07, 6.45) is 2.43. The van der Waals surface area contributed by atoms with E-state index in [1.807, 2.05) is 0 Å². The van der Waals surface area contributed by atoms with E-state index >= 15 is 0 Å². The highest BCUT2D eigenvalue weighted by Gasteiger charge is 2.25. The van der Waals surface area contributed by atoms with E-state index in [-0.39, 0.29) is 24.0 Å². The number of nitro groups is 1. The van der Waals surface area contributed by atoms with E-state index in [0.717, 1.165) is 25.0 Å². The SMILES string of the molecule is O=C(c1ccc([N+](=O)[O-])c(F)c1)N1CCCC(CCO)C1. The summed E-state index contributed by atoms with van der Waals surface area (Å²) in [7, 11) is 0. The molecule has 0 spiro atoms. The minimum atomic E-state index is -1.00. The zero-order chi connectivity index (χ0) is 15.4. The van der Waals surface area contributed by atoms with Gasteiger partial charge in [-0.05, 0) is 37.3 Å². The maximum Gasteiger partial charge on any atom is 0.304 e. The fraction of sp³-hybridized carbons (Fsp3) is 0.500. The summed E-state index contributed by atoms with van der Waals surface area (Å²) in [5, 5.41) is 19.5. The van der Waals surface area contributed by atoms with Gasteiger partial charge in [0.15, 0.2) is 0 Å². The molecular formula is C14H17FN2O4. The molecule has 1 amide bonds. The van der Waals surface area contributed by atoms with Crippen molar-refractivity contribution in [2.45, 2.75) is 19.3 Å². The van der Waals surface area contributed by atoms with Gasteiger partial charge < -0.3 is 10.0 Å². The third-order valence-electron chi connectivity index (χ3n) is 3.73. The summed E-state index contributed by atoms with van der Waals surface area (Å²) in [6, 6.07) is 3.20. The number of carbonyl (C=O) groups is 1. The average molecular weight is 296 g/mol. The molecule has 0 saturated carbocycles. The van der Waals surface area contributed by atoms with Crippen molar-refractivity contribution < 1.29 is 19.2 Å². The first-order chi connectivity index (χ1) is 10.0. The first kappa shape index (κ1) is 15.4. The van der Waals surface area contributed by atoms with Crippen LogP contribution in [0, 0.1) is 21.8 Å². The number of aliphatic hydroxyl groups is 1. The Labute approximate surface area is 121 Å². The van der Waals surface area contributed by atoms with Crippen molar-refractivity contribution in [1.29, 1.82) is 0 Å². The molecule has 1 atom stereocenters. The second-order valence-electron chi connectivity index (χ2n) is 5.20. The molecule has 6 nitrogen and oxygen atoms in total. The van der Waals surface area contributed by atoms with Gasteiger partial charge in [0.05, 0.1) is 4.92 Å². The maximum atomic E-state index is 13.6. The summed E-state index contributed by atoms with van der Waals surface area (Å²) in [6.45, 7) is 1.19. The number of hydrogen-bond acceptors (Lipinski definition) is 4. The van der Waals surface area contributed by atoms with Crippen molar-refractivity contribution >= 4 is 11.6 Å². The number of rotatable bonds is 4. The molecule has 0 aliphatic carbocycles. The molecule has 1 saturated heterocycles. The molecule has 1 heterocycles. The van der Waals surface area contributed by atoms with E-state index in [0.29, 0.717) is 19.5 Å². The van der Waals surface area contributed by atoms with Gasteiger partial charge in [0, 0.05) is 31.3 Å². The smallest absolute Gasteiger partial charge is 0.304 e. The molecule has 1 fully saturated rings. The third-order valence-corrected chi connectivity index (χ3v) is 3.73. The number of nitrogens with zero attached hydrogens (tertiary/aromatic N) is 2. The minimum Gasteiger partial charge on any atom is -0.396 e. The van der Waals surface area contributed by atoms with Crippen LogP contribution >= 0.6 is 0 Å². The summed E-state index contributed by atoms with van der Waals surface area (Å²) in [4.78, 5) is 23.7. The van der Waals surface area contributed by atoms with Gasteiger partial charge in [-0.1, -0.05) is 0 Å². The number of likely N-dealkylation sites (tertiary alicyclic amines) is 1. The average Bonchev–Trinajstić information content (AvgIpc) is 2.46. The molecule has 0 bridgehead atoms. The minimum absolute atomic E-state index is 0.0822. The lowest BCUT2D eigenvalue weighted by atomic mass is 9.94. The van der Waals surface area contributed by atoms with E-state index < -0.39 is 16.4 Å². The standard InChI is InChI=1S/C14H17FN2O4/c15-12-8-11(3-4-13(12)17(20)21)14(19)16-6-1-2-10(9-16)5-7-18/h3-4,8,10,18H,1-2,5-7,9H2. The van der Waals surface area contributed by atoms with Crippen LogP contribution in [0.25, 0.3) is 0 Å². The number of halogens is 1. The Bertz CT molecular complexity index is 548. The van der Waals surface area contributed by atoms with E-state index in [9.17, 15) is 19.3 Å². The molecule has 0 aromatic heterocycles. The van der Waals surface area contributed by atoms with Crippen molar-refractivity contribution in [2.24, 2.45) is 5.92 Å². The quantitative estimate of drug-likeness (QED) is 0.680. The second-order valence-corrected chi connectivity index (χ2v) is 5.20. The van der Waals surface area contributed by atoms with Crippen molar-refractivity contribution in [3.05, 3.63) is 39.7 Å². The Morgan fingerprint density at radius 2 is 2.29 bits per heavy atom. The highest BCUT2D eigenvalue weighted by molar-refractivity contribution is 5.94. The van der Waals surface area contributed by atoms with Gasteiger partial charge in [0.2, 0.25) is 5.82 Å². The number of hydrogen-bond donors (Lipinski definition) is 1. The van der Waals surface area contributed by atoms with Crippen LogP contribution in [-0.4, -0.2) is 40.5 Å². The van der Waals surface area contributed by atoms with Crippen LogP contribution < -0.4 is 0 Å². The van der Waals surface area contributed by atoms with E-state index in [4.69, 9.17) is 5.11 Å². The number of carbonyl (C=O) groups excluding carboxylic acids is 1. The highest BCUT2D eigenvalue weighted by atomic mass is 19.1. The summed E-state index contributed by atoms with van der Waals surface area (Å²) in [5.74, 6) is -1.09. The van der Waals surface area contributed by atoms with Crippen LogP contribution in [0.1, 0.15) is 29.6 Å². The molecule has 7 heteroatoms. The summed E-state index contributed by atoms with van der Waals surface area (Å²) in [5.41, 5.74) is -0.522. The molecule has 0 radical (unpaired) electrons. The normalized spacial score (nSPS) is 18.6. The van der Waals surface area contributed by atoms with Crippen LogP contribution in [0.3, 0.4) is 0 Å². The van der Waals surface area contributed by atoms with Crippen LogP contribution in [0.5, 0.6) is 0 Å². The number of amides is 1. The first-order valence-corrected chi connectivity index (χ1v) is 6.87. The third kappa shape index (κ3) is 3.55. The molecule has 1 aromatic rings. The molecule has 1 aromatic carbocycles. The molecule has 1 N–H and O–H groups in total. The van der Waals surface area contributed by atoms with Crippen LogP contribution in [0.2, 0.25) is 0 Å². The number of nitro benzene ring substituents is 1. The predicted molar refractivity (Wildman–Crippen MR) is 73.4 cm³/mol. The molecule has 21 heavy (non-hydrogen) atoms. The first-order valence-electron chi connectivity index (χ1n) is 6.87. The van der Waals surface area contributed by atoms with Gasteiger partial charge in [0.25, 0.3) is 5.91 Å². The fourth-order valence-electron chi connectivity index (χ4n) is 2.64. The van der Waals surface area contributed by atoms with E-state index in [2.05, 4.69) is 0 Å². The van der Waals surface area contributed by atoms with Gasteiger partial charge in [-0.3, -0.25) is 14.9 Å². The van der Waals surface area contributed by atoms with Crippen molar-refractivity contribution in [1.82, 2.24) is 4.90 Å². The van der Waals surface area contributed by atoms with Gasteiger partial charge >= 0.3 is 5.69 Å². The van der Waals surface area contributed by atoms with Gasteiger partial charge in [-0.15, -0.1) is 0 Å². The Balaban J connectivity index is 2.12. The Hall–Kier alpha value is -2.02. The molecule has 1 unspecified atom stereocenters. The van der Waals surface area contributed by atoms with Crippen LogP contribution in [0.4, 0.5) is 10.1 Å². The van der Waals surface area contributed by atoms with Crippen LogP contribution in [-0.2, 0) is 0 Å². The largest absolute Gasteiger partial charge is 0.396 e. The van der Waals surface area contributed by atoms with Crippen LogP contribution in [0.15, 0.2) is 18.2 Å². The van der Waals surface area contributed by atoms with Gasteiger partial charge in [0.1, 0.15) is 0 Å². The monoisotopic (exact) mass is 296 g/mol. The summed E-state index contributed by atoms with van der Waals surface area (Å²) >= 11 is 0. The molecule has 114 valence electrons. The number of piperidine rings is 1. The highest BCUT2D eigenvalue weighted by Crippen LogP contribution is 2.23. The Morgan fingerprint density at radius 3 is 2.90 bits per heavy atom. The number of aliphatic hydroxyl groups excluding tert-OH is 1. The van der Waals surface area contributed by atoms with Crippen molar-refractivity contribution in [3.8, 4) is 0 Å².